The van der Waals surface area contributed by atoms with Crippen molar-refractivity contribution in [2.45, 2.75) is 33.2 Å². The van der Waals surface area contributed by atoms with Crippen LogP contribution in [0.2, 0.25) is 0 Å². The molecule has 150 valence electrons. The van der Waals surface area contributed by atoms with Gasteiger partial charge in [0.1, 0.15) is 0 Å². The van der Waals surface area contributed by atoms with Crippen LogP contribution in [0.25, 0.3) is 0 Å². The lowest BCUT2D eigenvalue weighted by atomic mass is 10.2. The number of aromatic nitrogens is 1. The number of rotatable bonds is 13. The Balaban J connectivity index is 0.00000625. The van der Waals surface area contributed by atoms with E-state index in [1.54, 1.807) is 13.2 Å². The highest BCUT2D eigenvalue weighted by atomic mass is 127. The molecular weight excluding hydrogens is 447 g/mol. The number of hydrogen-bond acceptors (Lipinski definition) is 5. The third kappa shape index (κ3) is 12.3. The number of ether oxygens (including phenoxy) is 3. The molecule has 0 amide bonds. The van der Waals surface area contributed by atoms with Crippen LogP contribution in [0.3, 0.4) is 0 Å². The highest BCUT2D eigenvalue weighted by molar-refractivity contribution is 14.0. The van der Waals surface area contributed by atoms with Gasteiger partial charge >= 0.3 is 0 Å². The maximum absolute atomic E-state index is 5.52. The molecule has 0 aliphatic carbocycles. The van der Waals surface area contributed by atoms with Crippen molar-refractivity contribution in [3.05, 3.63) is 23.9 Å². The molecule has 0 radical (unpaired) electrons. The molecule has 1 heterocycles. The van der Waals surface area contributed by atoms with Crippen molar-refractivity contribution in [2.75, 3.05) is 46.6 Å². The van der Waals surface area contributed by atoms with E-state index in [0.29, 0.717) is 45.4 Å². The zero-order valence-corrected chi connectivity index (χ0v) is 18.5. The van der Waals surface area contributed by atoms with Gasteiger partial charge in [-0.3, -0.25) is 4.99 Å². The summed E-state index contributed by atoms with van der Waals surface area (Å²) < 4.78 is 16.4. The van der Waals surface area contributed by atoms with Crippen molar-refractivity contribution in [1.82, 2.24) is 15.6 Å². The Bertz CT molecular complexity index is 489. The summed E-state index contributed by atoms with van der Waals surface area (Å²) in [6.07, 6.45) is 4.01. The molecule has 0 fully saturated rings. The predicted octanol–water partition coefficient (Wildman–Crippen LogP) is 2.60. The second-order valence-corrected chi connectivity index (χ2v) is 5.37. The molecule has 1 aromatic heterocycles. The number of nitrogens with one attached hydrogen (secondary N) is 2. The molecule has 0 atom stereocenters. The zero-order valence-electron chi connectivity index (χ0n) is 16.1. The predicted molar refractivity (Wildman–Crippen MR) is 116 cm³/mol. The number of nitrogens with zero attached hydrogens (tertiary/aromatic N) is 2. The first-order chi connectivity index (χ1) is 12.3. The van der Waals surface area contributed by atoms with Gasteiger partial charge in [-0.1, -0.05) is 13.3 Å². The zero-order chi connectivity index (χ0) is 18.2. The standard InChI is InChI=1S/C18H32N4O3.HI/c1-4-6-10-23-12-13-24-11-9-21-18(19-3)22-15-16-7-8-20-17(14-16)25-5-2;/h7-8,14H,4-6,9-13,15H2,1-3H3,(H2,19,21,22);1H. The second kappa shape index (κ2) is 17.3. The first-order valence-electron chi connectivity index (χ1n) is 8.97. The minimum atomic E-state index is 0. The molecule has 0 aliphatic heterocycles. The van der Waals surface area contributed by atoms with E-state index in [0.717, 1.165) is 31.0 Å². The lowest BCUT2D eigenvalue weighted by Gasteiger charge is -2.12. The van der Waals surface area contributed by atoms with Gasteiger partial charge < -0.3 is 24.8 Å². The van der Waals surface area contributed by atoms with Gasteiger partial charge in [-0.15, -0.1) is 24.0 Å². The van der Waals surface area contributed by atoms with Crippen molar-refractivity contribution >= 4 is 29.9 Å². The van der Waals surface area contributed by atoms with E-state index in [-0.39, 0.29) is 24.0 Å². The van der Waals surface area contributed by atoms with Crippen LogP contribution in [0.15, 0.2) is 23.3 Å². The Labute approximate surface area is 174 Å². The molecule has 0 aliphatic rings. The molecular formula is C18H33IN4O3. The molecule has 0 aromatic carbocycles. The first kappa shape index (κ1) is 24.9. The molecule has 0 saturated heterocycles. The van der Waals surface area contributed by atoms with Gasteiger partial charge in [-0.2, -0.15) is 0 Å². The maximum atomic E-state index is 5.52. The quantitative estimate of drug-likeness (QED) is 0.196. The number of pyridine rings is 1. The summed E-state index contributed by atoms with van der Waals surface area (Å²) in [7, 11) is 1.75. The SMILES string of the molecule is CCCCOCCOCCNC(=NC)NCc1ccnc(OCC)c1.I. The molecule has 0 bridgehead atoms. The topological polar surface area (TPSA) is 77.0 Å². The molecule has 1 aromatic rings. The van der Waals surface area contributed by atoms with Crippen LogP contribution in [0.1, 0.15) is 32.3 Å². The molecule has 0 unspecified atom stereocenters. The summed E-state index contributed by atoms with van der Waals surface area (Å²) in [6, 6.07) is 3.87. The number of halogens is 1. The number of hydrogen-bond donors (Lipinski definition) is 2. The van der Waals surface area contributed by atoms with Crippen LogP contribution in [0.4, 0.5) is 0 Å². The van der Waals surface area contributed by atoms with Crippen LogP contribution in [0.5, 0.6) is 5.88 Å². The van der Waals surface area contributed by atoms with E-state index >= 15 is 0 Å². The average molecular weight is 480 g/mol. The van der Waals surface area contributed by atoms with Gasteiger partial charge in [0.05, 0.1) is 26.4 Å². The smallest absolute Gasteiger partial charge is 0.213 e. The van der Waals surface area contributed by atoms with E-state index in [9.17, 15) is 0 Å². The van der Waals surface area contributed by atoms with Gasteiger partial charge in [-0.05, 0) is 25.0 Å². The van der Waals surface area contributed by atoms with Gasteiger partial charge in [0.2, 0.25) is 5.88 Å². The third-order valence-electron chi connectivity index (χ3n) is 3.33. The Kier molecular flexibility index (Phi) is 16.5. The number of unbranched alkanes of at least 4 members (excludes halogenated alkanes) is 1. The molecule has 8 heteroatoms. The van der Waals surface area contributed by atoms with Gasteiger partial charge in [0.25, 0.3) is 0 Å². The Morgan fingerprint density at radius 2 is 1.88 bits per heavy atom. The molecule has 0 spiro atoms. The molecule has 2 N–H and O–H groups in total. The number of aliphatic imine (C=N–C) groups is 1. The lowest BCUT2D eigenvalue weighted by molar-refractivity contribution is 0.0487. The van der Waals surface area contributed by atoms with Crippen molar-refractivity contribution in [3.8, 4) is 5.88 Å². The largest absolute Gasteiger partial charge is 0.478 e. The van der Waals surface area contributed by atoms with Crippen LogP contribution >= 0.6 is 24.0 Å². The summed E-state index contributed by atoms with van der Waals surface area (Å²) in [5.74, 6) is 1.37. The summed E-state index contributed by atoms with van der Waals surface area (Å²) in [4.78, 5) is 8.35. The van der Waals surface area contributed by atoms with Crippen molar-refractivity contribution < 1.29 is 14.2 Å². The minimum absolute atomic E-state index is 0. The highest BCUT2D eigenvalue weighted by Crippen LogP contribution is 2.08. The maximum Gasteiger partial charge on any atom is 0.213 e. The average Bonchev–Trinajstić information content (AvgIpc) is 2.63. The van der Waals surface area contributed by atoms with Crippen molar-refractivity contribution in [2.24, 2.45) is 4.99 Å². The molecule has 1 rings (SSSR count). The summed E-state index contributed by atoms with van der Waals surface area (Å²) in [6.45, 7) is 8.74. The van der Waals surface area contributed by atoms with E-state index in [2.05, 4.69) is 27.5 Å². The van der Waals surface area contributed by atoms with Crippen LogP contribution in [-0.2, 0) is 16.0 Å². The van der Waals surface area contributed by atoms with E-state index in [1.807, 2.05) is 19.1 Å². The van der Waals surface area contributed by atoms with Crippen molar-refractivity contribution in [1.29, 1.82) is 0 Å². The monoisotopic (exact) mass is 480 g/mol. The normalized spacial score (nSPS) is 11.0. The van der Waals surface area contributed by atoms with E-state index < -0.39 is 0 Å². The minimum Gasteiger partial charge on any atom is -0.478 e. The highest BCUT2D eigenvalue weighted by Gasteiger charge is 2.01. The second-order valence-electron chi connectivity index (χ2n) is 5.37. The summed E-state index contributed by atoms with van der Waals surface area (Å²) >= 11 is 0. The van der Waals surface area contributed by atoms with E-state index in [1.165, 1.54) is 0 Å². The fourth-order valence-corrected chi connectivity index (χ4v) is 2.00. The fourth-order valence-electron chi connectivity index (χ4n) is 2.00. The lowest BCUT2D eigenvalue weighted by Crippen LogP contribution is -2.38. The van der Waals surface area contributed by atoms with Crippen LogP contribution in [-0.4, -0.2) is 57.6 Å². The molecule has 0 saturated carbocycles. The molecule has 26 heavy (non-hydrogen) atoms. The molecule has 7 nitrogen and oxygen atoms in total. The van der Waals surface area contributed by atoms with Gasteiger partial charge in [0.15, 0.2) is 5.96 Å². The third-order valence-corrected chi connectivity index (χ3v) is 3.33. The summed E-state index contributed by atoms with van der Waals surface area (Å²) in [5, 5.41) is 6.47. The fraction of sp³-hybridized carbons (Fsp3) is 0.667. The Hall–Kier alpha value is -1.13. The first-order valence-corrected chi connectivity index (χ1v) is 8.97. The van der Waals surface area contributed by atoms with Crippen molar-refractivity contribution in [3.63, 3.8) is 0 Å². The number of guanidine groups is 1. The van der Waals surface area contributed by atoms with Crippen LogP contribution < -0.4 is 15.4 Å². The Morgan fingerprint density at radius 1 is 1.12 bits per heavy atom. The summed E-state index contributed by atoms with van der Waals surface area (Å²) in [5.41, 5.74) is 1.09. The van der Waals surface area contributed by atoms with Gasteiger partial charge in [0, 0.05) is 39.0 Å². The Morgan fingerprint density at radius 3 is 2.58 bits per heavy atom. The van der Waals surface area contributed by atoms with Crippen LogP contribution in [0, 0.1) is 0 Å². The van der Waals surface area contributed by atoms with E-state index in [4.69, 9.17) is 14.2 Å². The van der Waals surface area contributed by atoms with Gasteiger partial charge in [-0.25, -0.2) is 4.98 Å².